The second kappa shape index (κ2) is 9.53. The molecule has 3 aromatic carbocycles. The van der Waals surface area contributed by atoms with Crippen LogP contribution in [0.4, 0.5) is 14.5 Å². The largest absolute Gasteiger partial charge is 0.362 e. The molecule has 0 saturated carbocycles. The van der Waals surface area contributed by atoms with E-state index in [-0.39, 0.29) is 17.4 Å². The van der Waals surface area contributed by atoms with Crippen molar-refractivity contribution in [2.75, 3.05) is 5.32 Å². The number of allylic oxidation sites excluding steroid dienone is 3. The molecule has 3 aromatic rings. The third kappa shape index (κ3) is 4.35. The summed E-state index contributed by atoms with van der Waals surface area (Å²) in [6.07, 6.45) is 0.986. The van der Waals surface area contributed by atoms with E-state index in [1.165, 1.54) is 6.07 Å². The van der Waals surface area contributed by atoms with Gasteiger partial charge in [0.05, 0.1) is 5.69 Å². The molecule has 2 atom stereocenters. The number of aryl methyl sites for hydroxylation is 1. The normalized spacial score (nSPS) is 19.6. The van der Waals surface area contributed by atoms with Crippen LogP contribution >= 0.6 is 0 Å². The maximum absolute atomic E-state index is 14.3. The average molecular weight is 485 g/mol. The molecule has 0 saturated heterocycles. The molecule has 0 fully saturated rings. The maximum Gasteiger partial charge on any atom is 0.254 e. The Balaban J connectivity index is 1.58. The fourth-order valence-corrected chi connectivity index (χ4v) is 5.30. The van der Waals surface area contributed by atoms with Gasteiger partial charge in [0.25, 0.3) is 5.91 Å². The topological polar surface area (TPSA) is 58.2 Å². The number of Topliss-reactive ketones (excluding diaryl/α,β-unsaturated/α-hetero) is 1. The van der Waals surface area contributed by atoms with Crippen molar-refractivity contribution in [2.45, 2.75) is 38.5 Å². The highest BCUT2D eigenvalue weighted by Crippen LogP contribution is 2.46. The van der Waals surface area contributed by atoms with Gasteiger partial charge >= 0.3 is 0 Å². The van der Waals surface area contributed by atoms with E-state index in [2.05, 4.69) is 10.6 Å². The van der Waals surface area contributed by atoms with Gasteiger partial charge in [0.15, 0.2) is 5.78 Å². The highest BCUT2D eigenvalue weighted by atomic mass is 19.1. The zero-order valence-corrected chi connectivity index (χ0v) is 20.1. The van der Waals surface area contributed by atoms with Crippen molar-refractivity contribution in [3.05, 3.63) is 124 Å². The van der Waals surface area contributed by atoms with Crippen molar-refractivity contribution in [1.29, 1.82) is 0 Å². The fraction of sp³-hybridized carbons (Fsp3) is 0.200. The van der Waals surface area contributed by atoms with E-state index in [9.17, 15) is 18.4 Å². The molecule has 0 spiro atoms. The molecule has 36 heavy (non-hydrogen) atoms. The average Bonchev–Trinajstić information content (AvgIpc) is 2.85. The van der Waals surface area contributed by atoms with E-state index < -0.39 is 23.5 Å². The van der Waals surface area contributed by atoms with E-state index in [0.29, 0.717) is 29.7 Å². The van der Waals surface area contributed by atoms with Crippen LogP contribution in [0.5, 0.6) is 0 Å². The van der Waals surface area contributed by atoms with Gasteiger partial charge in [-0.25, -0.2) is 8.78 Å². The number of halogens is 2. The molecule has 6 heteroatoms. The Hall–Kier alpha value is -4.06. The summed E-state index contributed by atoms with van der Waals surface area (Å²) in [6, 6.07) is 20.6. The van der Waals surface area contributed by atoms with Crippen LogP contribution in [0.1, 0.15) is 48.3 Å². The lowest BCUT2D eigenvalue weighted by Gasteiger charge is -2.37. The standard InChI is InChI=1S/C30H26F2N2O2/c1-17-8-6-7-11-22(17)28-27(30(36)34-24-13-12-21(31)16-23(24)32)18(2)33-25-14-20(15-26(35)29(25)28)19-9-4-3-5-10-19/h3-13,16,20,28,33H,14-15H2,1-2H3,(H,34,36). The fourth-order valence-electron chi connectivity index (χ4n) is 5.30. The number of ketones is 1. The highest BCUT2D eigenvalue weighted by molar-refractivity contribution is 6.10. The molecular weight excluding hydrogens is 458 g/mol. The summed E-state index contributed by atoms with van der Waals surface area (Å²) in [7, 11) is 0. The minimum Gasteiger partial charge on any atom is -0.362 e. The molecule has 2 unspecified atom stereocenters. The summed E-state index contributed by atoms with van der Waals surface area (Å²) >= 11 is 0. The first-order valence-electron chi connectivity index (χ1n) is 11.9. The van der Waals surface area contributed by atoms with Crippen LogP contribution in [0.2, 0.25) is 0 Å². The predicted octanol–water partition coefficient (Wildman–Crippen LogP) is 6.27. The third-order valence-corrected chi connectivity index (χ3v) is 7.02. The summed E-state index contributed by atoms with van der Waals surface area (Å²) in [5.74, 6) is -2.71. The Morgan fingerprint density at radius 2 is 1.67 bits per heavy atom. The van der Waals surface area contributed by atoms with E-state index in [0.717, 1.165) is 34.5 Å². The zero-order valence-electron chi connectivity index (χ0n) is 20.1. The van der Waals surface area contributed by atoms with Crippen molar-refractivity contribution < 1.29 is 18.4 Å². The molecule has 0 bridgehead atoms. The molecular formula is C30H26F2N2O2. The first kappa shape index (κ1) is 23.7. The van der Waals surface area contributed by atoms with Crippen LogP contribution < -0.4 is 10.6 Å². The summed E-state index contributed by atoms with van der Waals surface area (Å²) in [6.45, 7) is 3.74. The van der Waals surface area contributed by atoms with Gasteiger partial charge in [0.2, 0.25) is 0 Å². The summed E-state index contributed by atoms with van der Waals surface area (Å²) in [4.78, 5) is 27.3. The van der Waals surface area contributed by atoms with Gasteiger partial charge < -0.3 is 10.6 Å². The second-order valence-electron chi connectivity index (χ2n) is 9.36. The van der Waals surface area contributed by atoms with E-state index in [1.54, 1.807) is 6.92 Å². The number of benzene rings is 3. The molecule has 2 N–H and O–H groups in total. The van der Waals surface area contributed by atoms with Crippen LogP contribution in [0.15, 0.2) is 95.3 Å². The smallest absolute Gasteiger partial charge is 0.254 e. The minimum atomic E-state index is -0.864. The van der Waals surface area contributed by atoms with E-state index in [4.69, 9.17) is 0 Å². The molecule has 1 aliphatic carbocycles. The number of carbonyl (C=O) groups is 2. The summed E-state index contributed by atoms with van der Waals surface area (Å²) in [5, 5.41) is 5.92. The predicted molar refractivity (Wildman–Crippen MR) is 135 cm³/mol. The van der Waals surface area contributed by atoms with Crippen LogP contribution in [0, 0.1) is 18.6 Å². The lowest BCUT2D eigenvalue weighted by Crippen LogP contribution is -2.37. The van der Waals surface area contributed by atoms with E-state index >= 15 is 0 Å². The quantitative estimate of drug-likeness (QED) is 0.459. The monoisotopic (exact) mass is 484 g/mol. The number of amides is 1. The van der Waals surface area contributed by atoms with Gasteiger partial charge in [-0.1, -0.05) is 54.6 Å². The minimum absolute atomic E-state index is 0.0170. The molecule has 0 aromatic heterocycles. The molecule has 2 aliphatic rings. The molecule has 5 rings (SSSR count). The summed E-state index contributed by atoms with van der Waals surface area (Å²) < 4.78 is 27.7. The Kier molecular flexibility index (Phi) is 6.27. The number of dihydropyridines is 1. The first-order chi connectivity index (χ1) is 17.3. The van der Waals surface area contributed by atoms with Crippen molar-refractivity contribution in [3.63, 3.8) is 0 Å². The lowest BCUT2D eigenvalue weighted by atomic mass is 9.71. The second-order valence-corrected chi connectivity index (χ2v) is 9.36. The van der Waals surface area contributed by atoms with Crippen LogP contribution in [0.25, 0.3) is 0 Å². The Bertz CT molecular complexity index is 1430. The maximum atomic E-state index is 14.3. The molecule has 1 amide bonds. The van der Waals surface area contributed by atoms with Gasteiger partial charge in [0, 0.05) is 40.9 Å². The van der Waals surface area contributed by atoms with Gasteiger partial charge in [-0.3, -0.25) is 9.59 Å². The highest BCUT2D eigenvalue weighted by Gasteiger charge is 2.41. The molecule has 0 radical (unpaired) electrons. The molecule has 1 aliphatic heterocycles. The number of carbonyl (C=O) groups excluding carboxylic acids is 2. The van der Waals surface area contributed by atoms with Gasteiger partial charge in [-0.2, -0.15) is 0 Å². The van der Waals surface area contributed by atoms with Crippen molar-refractivity contribution >= 4 is 17.4 Å². The zero-order chi connectivity index (χ0) is 25.4. The van der Waals surface area contributed by atoms with Crippen LogP contribution in [-0.2, 0) is 9.59 Å². The van der Waals surface area contributed by atoms with Crippen molar-refractivity contribution in [3.8, 4) is 0 Å². The van der Waals surface area contributed by atoms with Crippen molar-refractivity contribution in [1.82, 2.24) is 5.32 Å². The Morgan fingerprint density at radius 1 is 0.944 bits per heavy atom. The number of hydrogen-bond acceptors (Lipinski definition) is 3. The van der Waals surface area contributed by atoms with Crippen LogP contribution in [0.3, 0.4) is 0 Å². The van der Waals surface area contributed by atoms with Gasteiger partial charge in [0.1, 0.15) is 11.6 Å². The SMILES string of the molecule is CC1=C(C(=O)Nc2ccc(F)cc2F)C(c2ccccc2C)C2=C(CC(c3ccccc3)CC2=O)N1. The van der Waals surface area contributed by atoms with Gasteiger partial charge in [-0.15, -0.1) is 0 Å². The van der Waals surface area contributed by atoms with Gasteiger partial charge in [-0.05, 0) is 55.0 Å². The first-order valence-corrected chi connectivity index (χ1v) is 11.9. The third-order valence-electron chi connectivity index (χ3n) is 7.02. The number of hydrogen-bond donors (Lipinski definition) is 2. The van der Waals surface area contributed by atoms with E-state index in [1.807, 2.05) is 61.5 Å². The Morgan fingerprint density at radius 3 is 2.39 bits per heavy atom. The Labute approximate surface area is 208 Å². The number of rotatable bonds is 4. The number of nitrogens with one attached hydrogen (secondary N) is 2. The lowest BCUT2D eigenvalue weighted by molar-refractivity contribution is -0.116. The molecule has 1 heterocycles. The molecule has 4 nitrogen and oxygen atoms in total. The molecule has 182 valence electrons. The van der Waals surface area contributed by atoms with Crippen molar-refractivity contribution in [2.24, 2.45) is 0 Å². The number of anilines is 1. The summed E-state index contributed by atoms with van der Waals surface area (Å²) in [5.41, 5.74) is 5.11. The van der Waals surface area contributed by atoms with Crippen LogP contribution in [-0.4, -0.2) is 11.7 Å².